The van der Waals surface area contributed by atoms with Gasteiger partial charge in [-0.25, -0.2) is 4.79 Å². The molecule has 0 aliphatic carbocycles. The van der Waals surface area contributed by atoms with Gasteiger partial charge in [-0.15, -0.1) is 0 Å². The third-order valence-corrected chi connectivity index (χ3v) is 3.98. The number of hydrogen-bond donors (Lipinski definition) is 0. The highest BCUT2D eigenvalue weighted by Gasteiger charge is 2.19. The van der Waals surface area contributed by atoms with Crippen LogP contribution in [0.3, 0.4) is 0 Å². The van der Waals surface area contributed by atoms with Crippen LogP contribution in [0.4, 0.5) is 0 Å². The van der Waals surface area contributed by atoms with E-state index in [0.717, 1.165) is 5.56 Å². The first-order chi connectivity index (χ1) is 14.1. The average molecular weight is 392 g/mol. The molecule has 1 heterocycles. The second kappa shape index (κ2) is 9.36. The van der Waals surface area contributed by atoms with Crippen molar-refractivity contribution in [3.8, 4) is 23.5 Å². The van der Waals surface area contributed by atoms with Crippen molar-refractivity contribution < 1.29 is 23.7 Å². The fourth-order valence-electron chi connectivity index (χ4n) is 2.58. The van der Waals surface area contributed by atoms with Gasteiger partial charge in [0.05, 0.1) is 27.4 Å². The van der Waals surface area contributed by atoms with Gasteiger partial charge in [0.25, 0.3) is 0 Å². The lowest BCUT2D eigenvalue weighted by molar-refractivity contribution is 0.0597. The Bertz CT molecular complexity index is 997. The lowest BCUT2D eigenvalue weighted by Crippen LogP contribution is -2.07. The number of rotatable bonds is 7. The molecule has 7 heteroatoms. The summed E-state index contributed by atoms with van der Waals surface area (Å²) in [6, 6.07) is 16.5. The van der Waals surface area contributed by atoms with Crippen molar-refractivity contribution in [1.82, 2.24) is 9.97 Å². The van der Waals surface area contributed by atoms with Gasteiger partial charge in [0.1, 0.15) is 11.3 Å². The Labute approximate surface area is 168 Å². The molecule has 3 aromatic rings. The minimum Gasteiger partial charge on any atom is -0.481 e. The number of methoxy groups -OCH3 is 3. The molecule has 0 saturated carbocycles. The Morgan fingerprint density at radius 3 is 2.17 bits per heavy atom. The van der Waals surface area contributed by atoms with Crippen molar-refractivity contribution >= 4 is 18.1 Å². The SMILES string of the molecule is COC(=O)c1c(C=Cc2ccccc2)cccc1Oc1nc(OC)cc(OC)n1. The highest BCUT2D eigenvalue weighted by Crippen LogP contribution is 2.30. The maximum absolute atomic E-state index is 12.5. The predicted octanol–water partition coefficient (Wildman–Crippen LogP) is 4.24. The summed E-state index contributed by atoms with van der Waals surface area (Å²) in [5, 5.41) is 0. The van der Waals surface area contributed by atoms with Crippen LogP contribution in [-0.2, 0) is 4.74 Å². The zero-order valence-electron chi connectivity index (χ0n) is 16.3. The molecule has 2 aromatic carbocycles. The lowest BCUT2D eigenvalue weighted by atomic mass is 10.0. The monoisotopic (exact) mass is 392 g/mol. The molecular formula is C22H20N2O5. The van der Waals surface area contributed by atoms with E-state index in [1.54, 1.807) is 18.2 Å². The van der Waals surface area contributed by atoms with E-state index in [0.29, 0.717) is 5.56 Å². The molecule has 0 amide bonds. The number of aromatic nitrogens is 2. The van der Waals surface area contributed by atoms with E-state index in [4.69, 9.17) is 18.9 Å². The van der Waals surface area contributed by atoms with Crippen LogP contribution in [0.2, 0.25) is 0 Å². The molecule has 29 heavy (non-hydrogen) atoms. The molecule has 0 N–H and O–H groups in total. The van der Waals surface area contributed by atoms with E-state index in [-0.39, 0.29) is 29.1 Å². The number of carbonyl (C=O) groups is 1. The Kier molecular flexibility index (Phi) is 6.42. The topological polar surface area (TPSA) is 79.8 Å². The number of hydrogen-bond acceptors (Lipinski definition) is 7. The number of nitrogens with zero attached hydrogens (tertiary/aromatic N) is 2. The first-order valence-corrected chi connectivity index (χ1v) is 8.74. The van der Waals surface area contributed by atoms with E-state index in [9.17, 15) is 4.79 Å². The highest BCUT2D eigenvalue weighted by atomic mass is 16.5. The maximum Gasteiger partial charge on any atom is 0.342 e. The predicted molar refractivity (Wildman–Crippen MR) is 108 cm³/mol. The third-order valence-electron chi connectivity index (χ3n) is 3.98. The molecule has 0 bridgehead atoms. The van der Waals surface area contributed by atoms with Crippen molar-refractivity contribution in [3.05, 3.63) is 71.3 Å². The Morgan fingerprint density at radius 2 is 1.55 bits per heavy atom. The number of ether oxygens (including phenoxy) is 4. The van der Waals surface area contributed by atoms with E-state index in [2.05, 4.69) is 9.97 Å². The first-order valence-electron chi connectivity index (χ1n) is 8.74. The molecule has 0 aliphatic heterocycles. The summed E-state index contributed by atoms with van der Waals surface area (Å²) < 4.78 is 21.0. The van der Waals surface area contributed by atoms with Crippen LogP contribution in [-0.4, -0.2) is 37.3 Å². The summed E-state index contributed by atoms with van der Waals surface area (Å²) in [5.74, 6) is 0.253. The van der Waals surface area contributed by atoms with Gasteiger partial charge < -0.3 is 18.9 Å². The van der Waals surface area contributed by atoms with E-state index in [1.807, 2.05) is 42.5 Å². The molecule has 148 valence electrons. The summed E-state index contributed by atoms with van der Waals surface area (Å²) in [5.41, 5.74) is 1.89. The minimum atomic E-state index is -0.539. The molecule has 0 fully saturated rings. The summed E-state index contributed by atoms with van der Waals surface area (Å²) in [7, 11) is 4.26. The molecule has 3 rings (SSSR count). The second-order valence-electron chi connectivity index (χ2n) is 5.79. The van der Waals surface area contributed by atoms with Gasteiger partial charge in [0.15, 0.2) is 0 Å². The van der Waals surface area contributed by atoms with Gasteiger partial charge >= 0.3 is 12.0 Å². The van der Waals surface area contributed by atoms with Gasteiger partial charge in [-0.05, 0) is 17.2 Å². The van der Waals surface area contributed by atoms with Gasteiger partial charge in [0.2, 0.25) is 11.8 Å². The van der Waals surface area contributed by atoms with Crippen molar-refractivity contribution in [2.75, 3.05) is 21.3 Å². The minimum absolute atomic E-state index is 0.0180. The Morgan fingerprint density at radius 1 is 0.862 bits per heavy atom. The molecular weight excluding hydrogens is 372 g/mol. The molecule has 0 saturated heterocycles. The lowest BCUT2D eigenvalue weighted by Gasteiger charge is -2.12. The molecule has 0 unspecified atom stereocenters. The van der Waals surface area contributed by atoms with Crippen LogP contribution < -0.4 is 14.2 Å². The number of esters is 1. The summed E-state index contributed by atoms with van der Waals surface area (Å²) >= 11 is 0. The molecule has 0 radical (unpaired) electrons. The maximum atomic E-state index is 12.5. The molecule has 7 nitrogen and oxygen atoms in total. The van der Waals surface area contributed by atoms with Crippen LogP contribution in [0, 0.1) is 0 Å². The van der Waals surface area contributed by atoms with Gasteiger partial charge in [-0.2, -0.15) is 9.97 Å². The standard InChI is InChI=1S/C22H20N2O5/c1-26-18-14-19(27-2)24-22(23-18)29-17-11-7-10-16(20(17)21(25)28-3)13-12-15-8-5-4-6-9-15/h4-14H,1-3H3. The van der Waals surface area contributed by atoms with Crippen LogP contribution in [0.1, 0.15) is 21.5 Å². The highest BCUT2D eigenvalue weighted by molar-refractivity contribution is 5.97. The van der Waals surface area contributed by atoms with Gasteiger partial charge in [-0.1, -0.05) is 54.6 Å². The normalized spacial score (nSPS) is 10.6. The van der Waals surface area contributed by atoms with Crippen molar-refractivity contribution in [2.45, 2.75) is 0 Å². The number of carbonyl (C=O) groups excluding carboxylic acids is 1. The zero-order chi connectivity index (χ0) is 20.6. The van der Waals surface area contributed by atoms with E-state index >= 15 is 0 Å². The van der Waals surface area contributed by atoms with Crippen LogP contribution in [0.15, 0.2) is 54.6 Å². The molecule has 0 atom stereocenters. The molecule has 0 aliphatic rings. The zero-order valence-corrected chi connectivity index (χ0v) is 16.3. The third kappa shape index (κ3) is 4.90. The van der Waals surface area contributed by atoms with Crippen molar-refractivity contribution in [2.24, 2.45) is 0 Å². The summed E-state index contributed by atoms with van der Waals surface area (Å²) in [6.45, 7) is 0. The first kappa shape index (κ1) is 19.9. The van der Waals surface area contributed by atoms with Crippen molar-refractivity contribution in [3.63, 3.8) is 0 Å². The Balaban J connectivity index is 2.01. The smallest absolute Gasteiger partial charge is 0.342 e. The van der Waals surface area contributed by atoms with Crippen LogP contribution in [0.5, 0.6) is 23.5 Å². The van der Waals surface area contributed by atoms with Crippen LogP contribution >= 0.6 is 0 Å². The second-order valence-corrected chi connectivity index (χ2v) is 5.79. The molecule has 0 spiro atoms. The van der Waals surface area contributed by atoms with Crippen LogP contribution in [0.25, 0.3) is 12.2 Å². The summed E-state index contributed by atoms with van der Waals surface area (Å²) in [4.78, 5) is 20.8. The number of benzene rings is 2. The summed E-state index contributed by atoms with van der Waals surface area (Å²) in [6.07, 6.45) is 3.72. The van der Waals surface area contributed by atoms with Crippen molar-refractivity contribution in [1.29, 1.82) is 0 Å². The average Bonchev–Trinajstić information content (AvgIpc) is 2.77. The fraction of sp³-hybridized carbons (Fsp3) is 0.136. The van der Waals surface area contributed by atoms with E-state index < -0.39 is 5.97 Å². The van der Waals surface area contributed by atoms with Gasteiger partial charge in [-0.3, -0.25) is 0 Å². The quantitative estimate of drug-likeness (QED) is 0.439. The fourth-order valence-corrected chi connectivity index (χ4v) is 2.58. The van der Waals surface area contributed by atoms with E-state index in [1.165, 1.54) is 27.4 Å². The molecule has 1 aromatic heterocycles. The largest absolute Gasteiger partial charge is 0.481 e. The Hall–Kier alpha value is -3.87. The van der Waals surface area contributed by atoms with Gasteiger partial charge in [0, 0.05) is 0 Å².